The van der Waals surface area contributed by atoms with Crippen molar-refractivity contribution in [2.75, 3.05) is 13.2 Å². The van der Waals surface area contributed by atoms with E-state index in [4.69, 9.17) is 0 Å². The van der Waals surface area contributed by atoms with E-state index in [1.54, 1.807) is 0 Å². The van der Waals surface area contributed by atoms with Crippen LogP contribution >= 0.6 is 0 Å². The van der Waals surface area contributed by atoms with Crippen molar-refractivity contribution in [3.05, 3.63) is 35.9 Å². The van der Waals surface area contributed by atoms with Gasteiger partial charge in [0.15, 0.2) is 0 Å². The van der Waals surface area contributed by atoms with E-state index in [9.17, 15) is 13.5 Å². The molecule has 0 aromatic heterocycles. The summed E-state index contributed by atoms with van der Waals surface area (Å²) < 4.78 is 26.8. The molecule has 0 radical (unpaired) electrons. The lowest BCUT2D eigenvalue weighted by Crippen LogP contribution is -2.36. The van der Waals surface area contributed by atoms with Gasteiger partial charge < -0.3 is 5.11 Å². The lowest BCUT2D eigenvalue weighted by molar-refractivity contribution is 0.136. The van der Waals surface area contributed by atoms with E-state index in [1.165, 1.54) is 0 Å². The van der Waals surface area contributed by atoms with Gasteiger partial charge in [0.05, 0.1) is 5.75 Å². The van der Waals surface area contributed by atoms with Gasteiger partial charge in [0.1, 0.15) is 0 Å². The van der Waals surface area contributed by atoms with Crippen LogP contribution in [0.5, 0.6) is 0 Å². The Labute approximate surface area is 121 Å². The SMILES string of the molecule is O=S(=O)(Cc1ccccc1)NCC1CCCCC1CO. The minimum atomic E-state index is -3.30. The molecule has 0 aliphatic heterocycles. The van der Waals surface area contributed by atoms with Crippen molar-refractivity contribution in [1.82, 2.24) is 4.72 Å². The average Bonchev–Trinajstić information content (AvgIpc) is 2.46. The van der Waals surface area contributed by atoms with Crippen LogP contribution in [0.1, 0.15) is 31.2 Å². The van der Waals surface area contributed by atoms with Crippen molar-refractivity contribution < 1.29 is 13.5 Å². The van der Waals surface area contributed by atoms with Gasteiger partial charge in [0.25, 0.3) is 0 Å². The second-order valence-electron chi connectivity index (χ2n) is 5.58. The van der Waals surface area contributed by atoms with E-state index in [0.29, 0.717) is 6.54 Å². The Morgan fingerprint density at radius 3 is 2.40 bits per heavy atom. The van der Waals surface area contributed by atoms with Crippen LogP contribution in [0.15, 0.2) is 30.3 Å². The molecule has 1 aliphatic carbocycles. The smallest absolute Gasteiger partial charge is 0.215 e. The van der Waals surface area contributed by atoms with Crippen molar-refractivity contribution in [3.8, 4) is 0 Å². The van der Waals surface area contributed by atoms with Crippen LogP contribution in [0, 0.1) is 11.8 Å². The molecule has 0 heterocycles. The van der Waals surface area contributed by atoms with Gasteiger partial charge in [-0.2, -0.15) is 0 Å². The van der Waals surface area contributed by atoms with E-state index < -0.39 is 10.0 Å². The Balaban J connectivity index is 1.88. The fourth-order valence-corrected chi connectivity index (χ4v) is 4.07. The Hall–Kier alpha value is -0.910. The molecule has 4 nitrogen and oxygen atoms in total. The summed E-state index contributed by atoms with van der Waals surface area (Å²) in [6.45, 7) is 0.603. The van der Waals surface area contributed by atoms with Crippen LogP contribution in [0.4, 0.5) is 0 Å². The highest BCUT2D eigenvalue weighted by Crippen LogP contribution is 2.29. The second kappa shape index (κ2) is 7.20. The number of benzene rings is 1. The average molecular weight is 297 g/mol. The quantitative estimate of drug-likeness (QED) is 0.843. The number of aliphatic hydroxyl groups is 1. The van der Waals surface area contributed by atoms with E-state index in [2.05, 4.69) is 4.72 Å². The van der Waals surface area contributed by atoms with E-state index in [0.717, 1.165) is 31.2 Å². The lowest BCUT2D eigenvalue weighted by atomic mass is 9.80. The number of sulfonamides is 1. The summed E-state index contributed by atoms with van der Waals surface area (Å²) >= 11 is 0. The normalized spacial score (nSPS) is 23.6. The largest absolute Gasteiger partial charge is 0.396 e. The zero-order chi connectivity index (χ0) is 14.4. The standard InChI is InChI=1S/C15H23NO3S/c17-11-15-9-5-4-8-14(15)10-16-20(18,19)12-13-6-2-1-3-7-13/h1-3,6-7,14-17H,4-5,8-12H2. The van der Waals surface area contributed by atoms with E-state index >= 15 is 0 Å². The van der Waals surface area contributed by atoms with Gasteiger partial charge in [0.2, 0.25) is 10.0 Å². The minimum Gasteiger partial charge on any atom is -0.396 e. The fourth-order valence-electron chi connectivity index (χ4n) is 2.87. The molecular weight excluding hydrogens is 274 g/mol. The molecule has 112 valence electrons. The molecular formula is C15H23NO3S. The number of aliphatic hydroxyl groups excluding tert-OH is 1. The maximum atomic E-state index is 12.1. The Kier molecular flexibility index (Phi) is 5.57. The molecule has 0 amide bonds. The molecule has 0 saturated heterocycles. The van der Waals surface area contributed by atoms with Crippen molar-refractivity contribution in [2.45, 2.75) is 31.4 Å². The number of hydrogen-bond acceptors (Lipinski definition) is 3. The molecule has 1 saturated carbocycles. The Morgan fingerprint density at radius 2 is 1.75 bits per heavy atom. The van der Waals surface area contributed by atoms with Crippen LogP contribution in [0.2, 0.25) is 0 Å². The minimum absolute atomic E-state index is 0.0182. The summed E-state index contributed by atoms with van der Waals surface area (Å²) in [5, 5.41) is 9.35. The third-order valence-electron chi connectivity index (χ3n) is 4.07. The molecule has 0 bridgehead atoms. The van der Waals surface area contributed by atoms with Crippen LogP contribution in [-0.4, -0.2) is 26.7 Å². The van der Waals surface area contributed by atoms with Gasteiger partial charge in [-0.3, -0.25) is 0 Å². The highest BCUT2D eigenvalue weighted by Gasteiger charge is 2.25. The molecule has 20 heavy (non-hydrogen) atoms. The third-order valence-corrected chi connectivity index (χ3v) is 5.39. The molecule has 5 heteroatoms. The van der Waals surface area contributed by atoms with E-state index in [1.807, 2.05) is 30.3 Å². The van der Waals surface area contributed by atoms with Gasteiger partial charge in [0, 0.05) is 13.2 Å². The molecule has 0 spiro atoms. The van der Waals surface area contributed by atoms with Crippen molar-refractivity contribution in [3.63, 3.8) is 0 Å². The second-order valence-corrected chi connectivity index (χ2v) is 7.39. The first-order chi connectivity index (χ1) is 9.61. The van der Waals surface area contributed by atoms with Gasteiger partial charge in [-0.25, -0.2) is 13.1 Å². The summed E-state index contributed by atoms with van der Waals surface area (Å²) in [5.74, 6) is 0.520. The van der Waals surface area contributed by atoms with Crippen LogP contribution in [0.25, 0.3) is 0 Å². The highest BCUT2D eigenvalue weighted by molar-refractivity contribution is 7.88. The zero-order valence-electron chi connectivity index (χ0n) is 11.7. The van der Waals surface area contributed by atoms with Crippen LogP contribution < -0.4 is 4.72 Å². The monoisotopic (exact) mass is 297 g/mol. The molecule has 1 aromatic rings. The topological polar surface area (TPSA) is 66.4 Å². The summed E-state index contributed by atoms with van der Waals surface area (Å²) in [6.07, 6.45) is 4.26. The number of hydrogen-bond donors (Lipinski definition) is 2. The number of nitrogens with one attached hydrogen (secondary N) is 1. The van der Waals surface area contributed by atoms with E-state index in [-0.39, 0.29) is 24.2 Å². The molecule has 2 N–H and O–H groups in total. The molecule has 1 aromatic carbocycles. The Bertz CT molecular complexity index is 501. The summed E-state index contributed by atoms with van der Waals surface area (Å²) in [4.78, 5) is 0. The maximum Gasteiger partial charge on any atom is 0.215 e. The molecule has 1 fully saturated rings. The first-order valence-corrected chi connectivity index (χ1v) is 8.88. The lowest BCUT2D eigenvalue weighted by Gasteiger charge is -2.30. The zero-order valence-corrected chi connectivity index (χ0v) is 12.5. The van der Waals surface area contributed by atoms with Gasteiger partial charge >= 0.3 is 0 Å². The molecule has 2 unspecified atom stereocenters. The molecule has 1 aliphatic rings. The summed E-state index contributed by atoms with van der Waals surface area (Å²) in [6, 6.07) is 9.19. The predicted octanol–water partition coefficient (Wildman–Crippen LogP) is 1.90. The molecule has 2 atom stereocenters. The first kappa shape index (κ1) is 15.5. The summed E-state index contributed by atoms with van der Waals surface area (Å²) in [5.41, 5.74) is 0.794. The van der Waals surface area contributed by atoms with Crippen molar-refractivity contribution >= 4 is 10.0 Å². The third kappa shape index (κ3) is 4.58. The van der Waals surface area contributed by atoms with Gasteiger partial charge in [-0.05, 0) is 30.2 Å². The van der Waals surface area contributed by atoms with Crippen molar-refractivity contribution in [2.24, 2.45) is 11.8 Å². The van der Waals surface area contributed by atoms with Crippen LogP contribution in [0.3, 0.4) is 0 Å². The maximum absolute atomic E-state index is 12.1. The first-order valence-electron chi connectivity index (χ1n) is 7.23. The Morgan fingerprint density at radius 1 is 1.10 bits per heavy atom. The van der Waals surface area contributed by atoms with Gasteiger partial charge in [-0.15, -0.1) is 0 Å². The predicted molar refractivity (Wildman–Crippen MR) is 79.6 cm³/mol. The molecule has 2 rings (SSSR count). The highest BCUT2D eigenvalue weighted by atomic mass is 32.2. The fraction of sp³-hybridized carbons (Fsp3) is 0.600. The van der Waals surface area contributed by atoms with Crippen molar-refractivity contribution in [1.29, 1.82) is 0 Å². The van der Waals surface area contributed by atoms with Crippen LogP contribution in [-0.2, 0) is 15.8 Å². The summed E-state index contributed by atoms with van der Waals surface area (Å²) in [7, 11) is -3.30. The number of rotatable bonds is 6. The van der Waals surface area contributed by atoms with Gasteiger partial charge in [-0.1, -0.05) is 43.2 Å².